The quantitative estimate of drug-likeness (QED) is 0.700. The van der Waals surface area contributed by atoms with Crippen molar-refractivity contribution < 1.29 is 9.18 Å². The molecule has 1 aromatic heterocycles. The molecule has 2 heterocycles. The number of rotatable bonds is 4. The molecule has 2 N–H and O–H groups in total. The van der Waals surface area contributed by atoms with Crippen LogP contribution in [-0.2, 0) is 0 Å². The lowest BCUT2D eigenvalue weighted by Crippen LogP contribution is -2.34. The Morgan fingerprint density at radius 1 is 1.26 bits per heavy atom. The number of aromatic nitrogens is 1. The van der Waals surface area contributed by atoms with Gasteiger partial charge < -0.3 is 15.2 Å². The Morgan fingerprint density at radius 2 is 2.15 bits per heavy atom. The van der Waals surface area contributed by atoms with Crippen LogP contribution in [0.25, 0.3) is 10.9 Å². The molecule has 27 heavy (non-hydrogen) atoms. The standard InChI is InChI=1S/C22H24FN3O/c1-2-26-10-4-5-16(14-26)15-8-9-20-17(11-15)12-21(25-20)22(27)24-19-7-3-6-18(23)13-19/h3,6-9,11-13,16,25H,2,4-5,10,14H2,1H3,(H,24,27). The number of fused-ring (bicyclic) bond motifs is 1. The molecule has 1 atom stereocenters. The number of anilines is 1. The fraction of sp³-hybridized carbons (Fsp3) is 0.318. The van der Waals surface area contributed by atoms with Gasteiger partial charge in [0.1, 0.15) is 11.5 Å². The largest absolute Gasteiger partial charge is 0.351 e. The number of hydrogen-bond acceptors (Lipinski definition) is 2. The summed E-state index contributed by atoms with van der Waals surface area (Å²) in [7, 11) is 0. The van der Waals surface area contributed by atoms with E-state index in [1.54, 1.807) is 12.1 Å². The highest BCUT2D eigenvalue weighted by molar-refractivity contribution is 6.06. The number of likely N-dealkylation sites (tertiary alicyclic amines) is 1. The lowest BCUT2D eigenvalue weighted by Gasteiger charge is -2.32. The van der Waals surface area contributed by atoms with Crippen LogP contribution >= 0.6 is 0 Å². The van der Waals surface area contributed by atoms with E-state index in [1.165, 1.54) is 37.1 Å². The van der Waals surface area contributed by atoms with Gasteiger partial charge in [-0.25, -0.2) is 4.39 Å². The van der Waals surface area contributed by atoms with E-state index in [9.17, 15) is 9.18 Å². The summed E-state index contributed by atoms with van der Waals surface area (Å²) in [4.78, 5) is 18.1. The van der Waals surface area contributed by atoms with Gasteiger partial charge in [0, 0.05) is 23.1 Å². The van der Waals surface area contributed by atoms with Crippen molar-refractivity contribution in [3.63, 3.8) is 0 Å². The van der Waals surface area contributed by atoms with Crippen molar-refractivity contribution in [3.05, 3.63) is 65.6 Å². The minimum absolute atomic E-state index is 0.270. The number of hydrogen-bond donors (Lipinski definition) is 2. The molecule has 4 nitrogen and oxygen atoms in total. The first-order valence-corrected chi connectivity index (χ1v) is 9.54. The summed E-state index contributed by atoms with van der Waals surface area (Å²) in [6, 6.07) is 14.2. The van der Waals surface area contributed by atoms with Crippen molar-refractivity contribution >= 4 is 22.5 Å². The fourth-order valence-electron chi connectivity index (χ4n) is 3.91. The molecule has 1 fully saturated rings. The number of nitrogens with zero attached hydrogens (tertiary/aromatic N) is 1. The topological polar surface area (TPSA) is 48.1 Å². The normalized spacial score (nSPS) is 17.9. The van der Waals surface area contributed by atoms with Crippen LogP contribution in [0, 0.1) is 5.82 Å². The van der Waals surface area contributed by atoms with E-state index in [-0.39, 0.29) is 11.7 Å². The number of H-pyrrole nitrogens is 1. The van der Waals surface area contributed by atoms with Gasteiger partial charge in [-0.05, 0) is 73.8 Å². The summed E-state index contributed by atoms with van der Waals surface area (Å²) in [6.07, 6.45) is 2.43. The van der Waals surface area contributed by atoms with Crippen molar-refractivity contribution in [1.29, 1.82) is 0 Å². The zero-order chi connectivity index (χ0) is 18.8. The molecule has 4 rings (SSSR count). The Hall–Kier alpha value is -2.66. The van der Waals surface area contributed by atoms with Gasteiger partial charge in [0.25, 0.3) is 5.91 Å². The second kappa shape index (κ2) is 7.53. The Kier molecular flexibility index (Phi) is 4.94. The third kappa shape index (κ3) is 3.88. The molecular formula is C22H24FN3O. The molecule has 0 radical (unpaired) electrons. The highest BCUT2D eigenvalue weighted by atomic mass is 19.1. The smallest absolute Gasteiger partial charge is 0.272 e. The van der Waals surface area contributed by atoms with Crippen molar-refractivity contribution in [2.75, 3.05) is 25.0 Å². The van der Waals surface area contributed by atoms with Gasteiger partial charge in [-0.3, -0.25) is 4.79 Å². The molecule has 1 unspecified atom stereocenters. The number of benzene rings is 2. The van der Waals surface area contributed by atoms with E-state index in [4.69, 9.17) is 0 Å². The second-order valence-electron chi connectivity index (χ2n) is 7.23. The number of piperidine rings is 1. The first-order valence-electron chi connectivity index (χ1n) is 9.54. The zero-order valence-corrected chi connectivity index (χ0v) is 15.5. The first kappa shape index (κ1) is 17.7. The molecule has 5 heteroatoms. The second-order valence-corrected chi connectivity index (χ2v) is 7.23. The van der Waals surface area contributed by atoms with Crippen LogP contribution in [0.15, 0.2) is 48.5 Å². The maximum atomic E-state index is 13.3. The van der Waals surface area contributed by atoms with Crippen LogP contribution in [0.3, 0.4) is 0 Å². The predicted molar refractivity (Wildman–Crippen MR) is 107 cm³/mol. The summed E-state index contributed by atoms with van der Waals surface area (Å²) in [5, 5.41) is 3.77. The Balaban J connectivity index is 1.54. The number of halogens is 1. The molecule has 2 aromatic carbocycles. The average Bonchev–Trinajstić information content (AvgIpc) is 3.11. The summed E-state index contributed by atoms with van der Waals surface area (Å²) in [6.45, 7) is 5.58. The lowest BCUT2D eigenvalue weighted by atomic mass is 9.90. The maximum absolute atomic E-state index is 13.3. The van der Waals surface area contributed by atoms with Crippen molar-refractivity contribution in [3.8, 4) is 0 Å². The van der Waals surface area contributed by atoms with Crippen LogP contribution in [0.2, 0.25) is 0 Å². The van der Waals surface area contributed by atoms with Crippen molar-refractivity contribution in [2.24, 2.45) is 0 Å². The van der Waals surface area contributed by atoms with Gasteiger partial charge in [0.2, 0.25) is 0 Å². The molecule has 0 aliphatic carbocycles. The number of amides is 1. The van der Waals surface area contributed by atoms with Crippen LogP contribution in [-0.4, -0.2) is 35.4 Å². The molecule has 3 aromatic rings. The first-order chi connectivity index (χ1) is 13.1. The Labute approximate surface area is 158 Å². The highest BCUT2D eigenvalue weighted by Gasteiger charge is 2.21. The molecule has 0 spiro atoms. The molecule has 140 valence electrons. The van der Waals surface area contributed by atoms with E-state index in [1.807, 2.05) is 6.07 Å². The third-order valence-corrected chi connectivity index (χ3v) is 5.40. The number of aromatic amines is 1. The van der Waals surface area contributed by atoms with E-state index in [0.29, 0.717) is 17.3 Å². The molecule has 0 saturated carbocycles. The van der Waals surface area contributed by atoms with Crippen molar-refractivity contribution in [2.45, 2.75) is 25.7 Å². The Morgan fingerprint density at radius 3 is 2.96 bits per heavy atom. The van der Waals surface area contributed by atoms with Crippen LogP contribution in [0.1, 0.15) is 41.7 Å². The monoisotopic (exact) mass is 365 g/mol. The molecular weight excluding hydrogens is 341 g/mol. The SMILES string of the molecule is CCN1CCCC(c2ccc3[nH]c(C(=O)Nc4cccc(F)c4)cc3c2)C1. The molecule has 1 saturated heterocycles. The third-order valence-electron chi connectivity index (χ3n) is 5.40. The van der Waals surface area contributed by atoms with E-state index >= 15 is 0 Å². The molecule has 1 aliphatic heterocycles. The van der Waals surface area contributed by atoms with Gasteiger partial charge in [-0.1, -0.05) is 19.1 Å². The summed E-state index contributed by atoms with van der Waals surface area (Å²) < 4.78 is 13.3. The van der Waals surface area contributed by atoms with Crippen LogP contribution in [0.5, 0.6) is 0 Å². The van der Waals surface area contributed by atoms with Gasteiger partial charge in [0.05, 0.1) is 0 Å². The lowest BCUT2D eigenvalue weighted by molar-refractivity contribution is 0.102. The van der Waals surface area contributed by atoms with Crippen LogP contribution in [0.4, 0.5) is 10.1 Å². The number of carbonyl (C=O) groups is 1. The van der Waals surface area contributed by atoms with Gasteiger partial charge in [0.15, 0.2) is 0 Å². The number of nitrogens with one attached hydrogen (secondary N) is 2. The minimum Gasteiger partial charge on any atom is -0.351 e. The molecule has 1 aliphatic rings. The maximum Gasteiger partial charge on any atom is 0.272 e. The van der Waals surface area contributed by atoms with Gasteiger partial charge >= 0.3 is 0 Å². The van der Waals surface area contributed by atoms with Crippen LogP contribution < -0.4 is 5.32 Å². The highest BCUT2D eigenvalue weighted by Crippen LogP contribution is 2.29. The number of likely N-dealkylation sites (N-methyl/N-ethyl adjacent to an activating group) is 1. The molecule has 0 bridgehead atoms. The van der Waals surface area contributed by atoms with Crippen molar-refractivity contribution in [1.82, 2.24) is 9.88 Å². The van der Waals surface area contributed by atoms with Gasteiger partial charge in [-0.15, -0.1) is 0 Å². The van der Waals surface area contributed by atoms with E-state index in [2.05, 4.69) is 40.3 Å². The van der Waals surface area contributed by atoms with Gasteiger partial charge in [-0.2, -0.15) is 0 Å². The van der Waals surface area contributed by atoms with E-state index in [0.717, 1.165) is 24.0 Å². The average molecular weight is 365 g/mol. The fourth-order valence-corrected chi connectivity index (χ4v) is 3.91. The molecule has 1 amide bonds. The minimum atomic E-state index is -0.373. The summed E-state index contributed by atoms with van der Waals surface area (Å²) in [5.41, 5.74) is 3.19. The zero-order valence-electron chi connectivity index (χ0n) is 15.5. The number of carbonyl (C=O) groups excluding carboxylic acids is 1. The predicted octanol–water partition coefficient (Wildman–Crippen LogP) is 4.76. The Bertz CT molecular complexity index is 965. The summed E-state index contributed by atoms with van der Waals surface area (Å²) >= 11 is 0. The summed E-state index contributed by atoms with van der Waals surface area (Å²) in [5.74, 6) is -0.0987. The van der Waals surface area contributed by atoms with E-state index < -0.39 is 0 Å².